The van der Waals surface area contributed by atoms with Crippen molar-refractivity contribution < 1.29 is 27.9 Å². The van der Waals surface area contributed by atoms with Gasteiger partial charge in [-0.1, -0.05) is 36.4 Å². The van der Waals surface area contributed by atoms with Crippen LogP contribution in [0.25, 0.3) is 0 Å². The van der Waals surface area contributed by atoms with Gasteiger partial charge in [-0.3, -0.25) is 4.79 Å². The van der Waals surface area contributed by atoms with Gasteiger partial charge in [-0.05, 0) is 41.7 Å². The maximum atomic E-state index is 13.9. The van der Waals surface area contributed by atoms with Crippen LogP contribution in [0.3, 0.4) is 0 Å². The number of primary amides is 1. The predicted octanol–water partition coefficient (Wildman–Crippen LogP) is 4.48. The van der Waals surface area contributed by atoms with E-state index in [2.05, 4.69) is 15.3 Å². The quantitative estimate of drug-likeness (QED) is 0.441. The van der Waals surface area contributed by atoms with Gasteiger partial charge in [-0.15, -0.1) is 0 Å². The molecule has 4 N–H and O–H groups in total. The highest BCUT2D eigenvalue weighted by Gasteiger charge is 2.37. The van der Waals surface area contributed by atoms with Crippen LogP contribution in [0.15, 0.2) is 54.7 Å². The molecule has 2 aromatic carbocycles. The van der Waals surface area contributed by atoms with Gasteiger partial charge >= 0.3 is 12.3 Å². The van der Waals surface area contributed by atoms with E-state index in [1.54, 1.807) is 48.5 Å². The molecule has 1 aliphatic heterocycles. The Hall–Kier alpha value is -4.15. The molecule has 1 unspecified atom stereocenters. The lowest BCUT2D eigenvalue weighted by atomic mass is 9.90. The minimum atomic E-state index is -4.72. The Labute approximate surface area is 205 Å². The average molecular weight is 499 g/mol. The summed E-state index contributed by atoms with van der Waals surface area (Å²) in [5, 5.41) is 12.1. The molecule has 36 heavy (non-hydrogen) atoms. The Bertz CT molecular complexity index is 1270. The van der Waals surface area contributed by atoms with Crippen LogP contribution in [0.1, 0.15) is 40.3 Å². The van der Waals surface area contributed by atoms with Gasteiger partial charge in [0.05, 0.1) is 11.3 Å². The number of nitrogens with two attached hydrogens (primary N) is 1. The predicted molar refractivity (Wildman–Crippen MR) is 126 cm³/mol. The largest absolute Gasteiger partial charge is 0.465 e. The maximum Gasteiger partial charge on any atom is 0.419 e. The lowest BCUT2D eigenvalue weighted by molar-refractivity contribution is -0.139. The van der Waals surface area contributed by atoms with Gasteiger partial charge in [0.15, 0.2) is 0 Å². The summed E-state index contributed by atoms with van der Waals surface area (Å²) in [6, 6.07) is 14.1. The Morgan fingerprint density at radius 3 is 2.56 bits per heavy atom. The first-order valence-corrected chi connectivity index (χ1v) is 11.2. The number of carboxylic acid groups (broad SMARTS) is 1. The lowest BCUT2D eigenvalue weighted by Crippen LogP contribution is -2.34. The van der Waals surface area contributed by atoms with E-state index in [9.17, 15) is 27.9 Å². The molecule has 0 saturated heterocycles. The normalized spacial score (nSPS) is 14.1. The van der Waals surface area contributed by atoms with Crippen molar-refractivity contribution in [2.24, 2.45) is 5.73 Å². The number of nitrogens with zero attached hydrogens (tertiary/aromatic N) is 3. The second-order valence-corrected chi connectivity index (χ2v) is 8.61. The van der Waals surface area contributed by atoms with E-state index >= 15 is 0 Å². The third-order valence-corrected chi connectivity index (χ3v) is 6.03. The SMILES string of the molecule is NC(=O)CC(Cc1ccccc1)c1nc(Nc2ccc3c(c2)CCN(C(=O)O)C3)ncc1C(F)(F)F. The first kappa shape index (κ1) is 25.0. The number of carbonyl (C=O) groups is 2. The molecule has 0 bridgehead atoms. The molecule has 4 rings (SSSR count). The Balaban J connectivity index is 1.66. The molecule has 0 saturated carbocycles. The molecule has 1 aromatic heterocycles. The summed E-state index contributed by atoms with van der Waals surface area (Å²) in [6.45, 7) is 0.612. The Morgan fingerprint density at radius 1 is 1.14 bits per heavy atom. The molecule has 1 aliphatic rings. The van der Waals surface area contributed by atoms with E-state index < -0.39 is 29.7 Å². The summed E-state index contributed by atoms with van der Waals surface area (Å²) in [6.07, 6.45) is -4.66. The molecule has 188 valence electrons. The molecule has 0 spiro atoms. The minimum absolute atomic E-state index is 0.0524. The third kappa shape index (κ3) is 5.91. The summed E-state index contributed by atoms with van der Waals surface area (Å²) in [4.78, 5) is 32.4. The van der Waals surface area contributed by atoms with Crippen LogP contribution in [-0.2, 0) is 30.4 Å². The molecular formula is C25H24F3N5O3. The Morgan fingerprint density at radius 2 is 1.89 bits per heavy atom. The van der Waals surface area contributed by atoms with Gasteiger partial charge in [-0.25, -0.2) is 14.8 Å². The number of alkyl halides is 3. The van der Waals surface area contributed by atoms with Crippen molar-refractivity contribution in [3.63, 3.8) is 0 Å². The zero-order valence-electron chi connectivity index (χ0n) is 19.1. The average Bonchev–Trinajstić information content (AvgIpc) is 2.83. The fourth-order valence-corrected chi connectivity index (χ4v) is 4.31. The Kier molecular flexibility index (Phi) is 7.09. The number of rotatable bonds is 7. The molecule has 11 heteroatoms. The zero-order chi connectivity index (χ0) is 25.9. The summed E-state index contributed by atoms with van der Waals surface area (Å²) in [7, 11) is 0. The van der Waals surface area contributed by atoms with Gasteiger partial charge in [0.1, 0.15) is 0 Å². The van der Waals surface area contributed by atoms with Crippen LogP contribution >= 0.6 is 0 Å². The van der Waals surface area contributed by atoms with E-state index in [-0.39, 0.29) is 31.0 Å². The number of amides is 2. The van der Waals surface area contributed by atoms with Crippen molar-refractivity contribution in [1.29, 1.82) is 0 Å². The summed E-state index contributed by atoms with van der Waals surface area (Å²) < 4.78 is 41.6. The van der Waals surface area contributed by atoms with Crippen LogP contribution in [0.2, 0.25) is 0 Å². The number of halogens is 3. The second kappa shape index (κ2) is 10.2. The van der Waals surface area contributed by atoms with Gasteiger partial charge < -0.3 is 21.1 Å². The number of hydrogen-bond donors (Lipinski definition) is 3. The number of benzene rings is 2. The van der Waals surface area contributed by atoms with E-state index in [4.69, 9.17) is 5.73 Å². The molecule has 0 radical (unpaired) electrons. The third-order valence-electron chi connectivity index (χ3n) is 6.03. The van der Waals surface area contributed by atoms with Crippen LogP contribution in [0.4, 0.5) is 29.6 Å². The lowest BCUT2D eigenvalue weighted by Gasteiger charge is -2.26. The minimum Gasteiger partial charge on any atom is -0.465 e. The van der Waals surface area contributed by atoms with Gasteiger partial charge in [0.2, 0.25) is 11.9 Å². The van der Waals surface area contributed by atoms with Gasteiger partial charge in [0.25, 0.3) is 0 Å². The molecule has 3 aromatic rings. The van der Waals surface area contributed by atoms with E-state index in [0.717, 1.165) is 16.7 Å². The van der Waals surface area contributed by atoms with Crippen molar-refractivity contribution in [1.82, 2.24) is 14.9 Å². The molecule has 2 amide bonds. The summed E-state index contributed by atoms with van der Waals surface area (Å²) >= 11 is 0. The number of carbonyl (C=O) groups excluding carboxylic acids is 1. The first-order chi connectivity index (χ1) is 17.1. The van der Waals surface area contributed by atoms with Crippen LogP contribution in [-0.4, -0.2) is 38.5 Å². The fraction of sp³-hybridized carbons (Fsp3) is 0.280. The number of anilines is 2. The monoisotopic (exact) mass is 499 g/mol. The number of fused-ring (bicyclic) bond motifs is 1. The number of nitrogens with one attached hydrogen (secondary N) is 1. The van der Waals surface area contributed by atoms with E-state index in [0.29, 0.717) is 24.8 Å². The summed E-state index contributed by atoms with van der Waals surface area (Å²) in [5.74, 6) is -1.69. The van der Waals surface area contributed by atoms with Gasteiger partial charge in [0, 0.05) is 37.3 Å². The smallest absolute Gasteiger partial charge is 0.419 e. The second-order valence-electron chi connectivity index (χ2n) is 8.61. The van der Waals surface area contributed by atoms with Crippen molar-refractivity contribution in [2.45, 2.75) is 37.9 Å². The van der Waals surface area contributed by atoms with E-state index in [1.807, 2.05) is 0 Å². The number of aromatic nitrogens is 2. The fourth-order valence-electron chi connectivity index (χ4n) is 4.31. The molecule has 0 fully saturated rings. The van der Waals surface area contributed by atoms with Crippen molar-refractivity contribution in [3.8, 4) is 0 Å². The highest BCUT2D eigenvalue weighted by Crippen LogP contribution is 2.37. The molecule has 2 heterocycles. The first-order valence-electron chi connectivity index (χ1n) is 11.2. The van der Waals surface area contributed by atoms with Crippen LogP contribution in [0.5, 0.6) is 0 Å². The number of hydrogen-bond acceptors (Lipinski definition) is 5. The highest BCUT2D eigenvalue weighted by molar-refractivity contribution is 5.75. The molecule has 1 atom stereocenters. The zero-order valence-corrected chi connectivity index (χ0v) is 19.1. The maximum absolute atomic E-state index is 13.9. The molecular weight excluding hydrogens is 475 g/mol. The van der Waals surface area contributed by atoms with Crippen LogP contribution < -0.4 is 11.1 Å². The van der Waals surface area contributed by atoms with Crippen molar-refractivity contribution in [2.75, 3.05) is 11.9 Å². The van der Waals surface area contributed by atoms with Crippen molar-refractivity contribution >= 4 is 23.6 Å². The van der Waals surface area contributed by atoms with E-state index in [1.165, 1.54) is 4.90 Å². The molecule has 8 nitrogen and oxygen atoms in total. The topological polar surface area (TPSA) is 121 Å². The van der Waals surface area contributed by atoms with Crippen LogP contribution in [0, 0.1) is 0 Å². The standard InChI is InChI=1S/C25H24F3N5O3/c26-25(27,28)20-13-30-23(31-19-7-6-17-14-33(24(35)36)9-8-16(17)11-19)32-22(20)18(12-21(29)34)10-15-4-2-1-3-5-15/h1-7,11,13,18H,8-10,12,14H2,(H2,29,34)(H,35,36)(H,30,31,32). The molecule has 0 aliphatic carbocycles. The van der Waals surface area contributed by atoms with Gasteiger partial charge in [-0.2, -0.15) is 13.2 Å². The highest BCUT2D eigenvalue weighted by atomic mass is 19.4. The summed E-state index contributed by atoms with van der Waals surface area (Å²) in [5.41, 5.74) is 7.14. The van der Waals surface area contributed by atoms with Crippen molar-refractivity contribution in [3.05, 3.63) is 82.7 Å².